The van der Waals surface area contributed by atoms with Gasteiger partial charge in [-0.05, 0) is 6.42 Å². The highest BCUT2D eigenvalue weighted by Gasteiger charge is 2.07. The third-order valence-corrected chi connectivity index (χ3v) is 1.61. The summed E-state index contributed by atoms with van der Waals surface area (Å²) in [7, 11) is 0. The van der Waals surface area contributed by atoms with Crippen molar-refractivity contribution in [2.45, 2.75) is 26.2 Å². The molecule has 0 fully saturated rings. The molecule has 0 unspecified atom stereocenters. The summed E-state index contributed by atoms with van der Waals surface area (Å²) >= 11 is 0. The predicted molar refractivity (Wildman–Crippen MR) is 41.7 cm³/mol. The maximum atomic E-state index is 10.2. The van der Waals surface area contributed by atoms with Crippen LogP contribution in [0.1, 0.15) is 24.7 Å². The van der Waals surface area contributed by atoms with E-state index in [1.165, 1.54) is 0 Å². The Morgan fingerprint density at radius 3 is 2.75 bits per heavy atom. The Bertz CT molecular complexity index is 269. The van der Waals surface area contributed by atoms with E-state index in [0.29, 0.717) is 6.42 Å². The van der Waals surface area contributed by atoms with Gasteiger partial charge in [-0.3, -0.25) is 4.79 Å². The van der Waals surface area contributed by atoms with Crippen LogP contribution in [0, 0.1) is 0 Å². The minimum Gasteiger partial charge on any atom is -0.481 e. The minimum absolute atomic E-state index is 0.111. The van der Waals surface area contributed by atoms with Crippen molar-refractivity contribution in [2.24, 2.45) is 0 Å². The molecule has 0 aliphatic rings. The van der Waals surface area contributed by atoms with Crippen LogP contribution in [-0.2, 0) is 17.6 Å². The topological polar surface area (TPSA) is 78.9 Å². The number of rotatable bonds is 4. The van der Waals surface area contributed by atoms with Gasteiger partial charge in [0.1, 0.15) is 0 Å². The van der Waals surface area contributed by atoms with Crippen LogP contribution in [0.3, 0.4) is 0 Å². The summed E-state index contributed by atoms with van der Waals surface area (Å²) in [6, 6.07) is 0. The monoisotopic (exact) mass is 169 g/mol. The summed E-state index contributed by atoms with van der Waals surface area (Å²) in [6.07, 6.45) is 1.35. The Morgan fingerprint density at radius 2 is 2.17 bits per heavy atom. The summed E-state index contributed by atoms with van der Waals surface area (Å²) < 4.78 is 0. The number of aromatic nitrogens is 3. The normalized spacial score (nSPS) is 10.1. The number of nitrogens with zero attached hydrogens (tertiary/aromatic N) is 2. The molecular formula is C7H11N3O2. The quantitative estimate of drug-likeness (QED) is 0.683. The summed E-state index contributed by atoms with van der Waals surface area (Å²) in [5.41, 5.74) is 1.62. The van der Waals surface area contributed by atoms with Gasteiger partial charge in [0.05, 0.1) is 17.8 Å². The summed E-state index contributed by atoms with van der Waals surface area (Å²) in [4.78, 5) is 10.2. The average Bonchev–Trinajstić information content (AvgIpc) is 2.47. The summed E-state index contributed by atoms with van der Waals surface area (Å²) in [5, 5.41) is 18.6. The molecule has 0 aromatic carbocycles. The zero-order valence-electron chi connectivity index (χ0n) is 6.87. The van der Waals surface area contributed by atoms with Gasteiger partial charge in [0.15, 0.2) is 0 Å². The molecule has 1 rings (SSSR count). The van der Waals surface area contributed by atoms with Crippen molar-refractivity contribution in [1.29, 1.82) is 0 Å². The lowest BCUT2D eigenvalue weighted by molar-refractivity contribution is -0.136. The fraction of sp³-hybridized carbons (Fsp3) is 0.571. The lowest BCUT2D eigenvalue weighted by atomic mass is 10.2. The molecule has 0 saturated carbocycles. The number of carboxylic acid groups (broad SMARTS) is 1. The second-order valence-corrected chi connectivity index (χ2v) is 2.46. The van der Waals surface area contributed by atoms with Crippen LogP contribution in [-0.4, -0.2) is 26.5 Å². The molecule has 0 atom stereocenters. The number of nitrogens with one attached hydrogen (secondary N) is 1. The second-order valence-electron chi connectivity index (χ2n) is 2.46. The minimum atomic E-state index is -0.806. The Kier molecular flexibility index (Phi) is 2.79. The summed E-state index contributed by atoms with van der Waals surface area (Å²) in [6.45, 7) is 1.96. The lowest BCUT2D eigenvalue weighted by Gasteiger charge is -1.93. The predicted octanol–water partition coefficient (Wildman–Crippen LogP) is 0.384. The highest BCUT2D eigenvalue weighted by Crippen LogP contribution is 2.04. The maximum absolute atomic E-state index is 10.2. The van der Waals surface area contributed by atoms with Gasteiger partial charge >= 0.3 is 5.97 Å². The van der Waals surface area contributed by atoms with E-state index in [9.17, 15) is 4.79 Å². The number of hydrogen-bond acceptors (Lipinski definition) is 3. The van der Waals surface area contributed by atoms with E-state index in [4.69, 9.17) is 5.11 Å². The van der Waals surface area contributed by atoms with Gasteiger partial charge in [-0.15, -0.1) is 0 Å². The van der Waals surface area contributed by atoms with Crippen LogP contribution in [0.15, 0.2) is 0 Å². The molecule has 1 aromatic heterocycles. The molecule has 66 valence electrons. The first kappa shape index (κ1) is 8.70. The fourth-order valence-corrected chi connectivity index (χ4v) is 0.983. The Morgan fingerprint density at radius 1 is 1.50 bits per heavy atom. The van der Waals surface area contributed by atoms with Gasteiger partial charge in [0.25, 0.3) is 0 Å². The van der Waals surface area contributed by atoms with E-state index in [1.807, 2.05) is 6.92 Å². The van der Waals surface area contributed by atoms with E-state index >= 15 is 0 Å². The third-order valence-electron chi connectivity index (χ3n) is 1.61. The standard InChI is InChI=1S/C7H11N3O2/c1-2-5-6(9-10-8-5)3-4-7(11)12/h2-4H2,1H3,(H,11,12)(H,8,9,10). The van der Waals surface area contributed by atoms with Gasteiger partial charge in [-0.2, -0.15) is 15.4 Å². The van der Waals surface area contributed by atoms with Crippen molar-refractivity contribution in [2.75, 3.05) is 0 Å². The zero-order chi connectivity index (χ0) is 8.97. The van der Waals surface area contributed by atoms with E-state index in [0.717, 1.165) is 17.8 Å². The van der Waals surface area contributed by atoms with Crippen molar-refractivity contribution in [3.63, 3.8) is 0 Å². The highest BCUT2D eigenvalue weighted by molar-refractivity contribution is 5.66. The van der Waals surface area contributed by atoms with Crippen LogP contribution < -0.4 is 0 Å². The molecule has 0 aliphatic heterocycles. The largest absolute Gasteiger partial charge is 0.481 e. The van der Waals surface area contributed by atoms with E-state index in [1.54, 1.807) is 0 Å². The molecule has 12 heavy (non-hydrogen) atoms. The van der Waals surface area contributed by atoms with Crippen molar-refractivity contribution < 1.29 is 9.90 Å². The third kappa shape index (κ3) is 2.05. The molecule has 5 nitrogen and oxygen atoms in total. The van der Waals surface area contributed by atoms with Crippen LogP contribution >= 0.6 is 0 Å². The van der Waals surface area contributed by atoms with Crippen molar-refractivity contribution in [1.82, 2.24) is 15.4 Å². The van der Waals surface area contributed by atoms with E-state index < -0.39 is 5.97 Å². The van der Waals surface area contributed by atoms with E-state index in [2.05, 4.69) is 15.4 Å². The number of aryl methyl sites for hydroxylation is 2. The number of aromatic amines is 1. The average molecular weight is 169 g/mol. The molecular weight excluding hydrogens is 158 g/mol. The van der Waals surface area contributed by atoms with Gasteiger partial charge < -0.3 is 5.11 Å². The van der Waals surface area contributed by atoms with Crippen LogP contribution in [0.25, 0.3) is 0 Å². The molecule has 0 bridgehead atoms. The van der Waals surface area contributed by atoms with Crippen molar-refractivity contribution >= 4 is 5.97 Å². The second kappa shape index (κ2) is 3.85. The first-order valence-corrected chi connectivity index (χ1v) is 3.84. The van der Waals surface area contributed by atoms with Gasteiger partial charge in [-0.1, -0.05) is 6.92 Å². The zero-order valence-corrected chi connectivity index (χ0v) is 6.87. The molecule has 0 amide bonds. The molecule has 2 N–H and O–H groups in total. The molecule has 5 heteroatoms. The van der Waals surface area contributed by atoms with Crippen LogP contribution in [0.2, 0.25) is 0 Å². The molecule has 0 radical (unpaired) electrons. The van der Waals surface area contributed by atoms with Crippen LogP contribution in [0.4, 0.5) is 0 Å². The summed E-state index contributed by atoms with van der Waals surface area (Å²) in [5.74, 6) is -0.806. The first-order chi connectivity index (χ1) is 5.74. The Balaban J connectivity index is 2.56. The van der Waals surface area contributed by atoms with Gasteiger partial charge in [-0.25, -0.2) is 0 Å². The van der Waals surface area contributed by atoms with Crippen molar-refractivity contribution in [3.05, 3.63) is 11.4 Å². The number of carbonyl (C=O) groups is 1. The number of aliphatic carboxylic acids is 1. The Labute approximate surface area is 69.8 Å². The number of H-pyrrole nitrogens is 1. The molecule has 1 aromatic rings. The molecule has 0 saturated heterocycles. The van der Waals surface area contributed by atoms with Gasteiger partial charge in [0.2, 0.25) is 0 Å². The van der Waals surface area contributed by atoms with Crippen LogP contribution in [0.5, 0.6) is 0 Å². The smallest absolute Gasteiger partial charge is 0.303 e. The number of carboxylic acids is 1. The molecule has 1 heterocycles. The van der Waals surface area contributed by atoms with Gasteiger partial charge in [0, 0.05) is 6.42 Å². The maximum Gasteiger partial charge on any atom is 0.303 e. The molecule has 0 aliphatic carbocycles. The lowest BCUT2D eigenvalue weighted by Crippen LogP contribution is -1.99. The van der Waals surface area contributed by atoms with E-state index in [-0.39, 0.29) is 6.42 Å². The fourth-order valence-electron chi connectivity index (χ4n) is 0.983. The molecule has 0 spiro atoms. The highest BCUT2D eigenvalue weighted by atomic mass is 16.4. The van der Waals surface area contributed by atoms with Crippen molar-refractivity contribution in [3.8, 4) is 0 Å². The SMILES string of the molecule is CCc1n[nH]nc1CCC(=O)O. The Hall–Kier alpha value is -1.39. The first-order valence-electron chi connectivity index (χ1n) is 3.84. The number of hydrogen-bond donors (Lipinski definition) is 2.